The van der Waals surface area contributed by atoms with Crippen LogP contribution in [0.3, 0.4) is 0 Å². The number of carboxylic acids is 1. The molecule has 1 aromatic carbocycles. The van der Waals surface area contributed by atoms with E-state index in [1.165, 1.54) is 29.2 Å². The molecule has 2 atom stereocenters. The summed E-state index contributed by atoms with van der Waals surface area (Å²) in [6, 6.07) is 5.93. The monoisotopic (exact) mass is 293 g/mol. The molecule has 2 N–H and O–H groups in total. The topological polar surface area (TPSA) is 87.1 Å². The summed E-state index contributed by atoms with van der Waals surface area (Å²) in [5, 5.41) is 18.4. The van der Waals surface area contributed by atoms with Crippen molar-refractivity contribution in [3.05, 3.63) is 24.3 Å². The molecule has 6 nitrogen and oxygen atoms in total. The molecule has 0 spiro atoms. The van der Waals surface area contributed by atoms with Crippen LogP contribution in [0.25, 0.3) is 0 Å². The van der Waals surface area contributed by atoms with E-state index >= 15 is 0 Å². The number of carboxylic acid groups (broad SMARTS) is 1. The summed E-state index contributed by atoms with van der Waals surface area (Å²) in [5.41, 5.74) is 0.460. The van der Waals surface area contributed by atoms with Gasteiger partial charge in [-0.3, -0.25) is 9.59 Å². The summed E-state index contributed by atoms with van der Waals surface area (Å²) in [6.07, 6.45) is 1.16. The number of phenolic OH excluding ortho intramolecular Hbond substituents is 1. The summed E-state index contributed by atoms with van der Waals surface area (Å²) in [7, 11) is 0. The van der Waals surface area contributed by atoms with Crippen molar-refractivity contribution in [2.75, 3.05) is 18.1 Å². The first-order chi connectivity index (χ1) is 10.0. The van der Waals surface area contributed by atoms with Gasteiger partial charge in [0.2, 0.25) is 5.91 Å². The summed E-state index contributed by atoms with van der Waals surface area (Å²) in [6.45, 7) is 2.06. The van der Waals surface area contributed by atoms with E-state index in [0.29, 0.717) is 25.1 Å². The fraction of sp³-hybridized carbons (Fsp3) is 0.467. The minimum absolute atomic E-state index is 0.0668. The molecule has 1 saturated heterocycles. The Balaban J connectivity index is 2.24. The van der Waals surface area contributed by atoms with Gasteiger partial charge in [-0.2, -0.15) is 0 Å². The SMILES string of the molecule is CCC1OCCC1C(=O)N(CC(=O)O)c1ccc(O)cc1. The molecule has 1 amide bonds. The highest BCUT2D eigenvalue weighted by Crippen LogP contribution is 2.28. The average Bonchev–Trinajstić information content (AvgIpc) is 2.93. The third-order valence-electron chi connectivity index (χ3n) is 3.65. The molecule has 0 bridgehead atoms. The third-order valence-corrected chi connectivity index (χ3v) is 3.65. The molecule has 21 heavy (non-hydrogen) atoms. The number of anilines is 1. The van der Waals surface area contributed by atoms with Gasteiger partial charge in [-0.05, 0) is 37.1 Å². The van der Waals surface area contributed by atoms with Gasteiger partial charge in [0.15, 0.2) is 0 Å². The molecule has 1 aliphatic rings. The fourth-order valence-electron chi connectivity index (χ4n) is 2.60. The number of nitrogens with zero attached hydrogens (tertiary/aromatic N) is 1. The Labute approximate surface area is 122 Å². The van der Waals surface area contributed by atoms with Crippen LogP contribution in [0.4, 0.5) is 5.69 Å². The van der Waals surface area contributed by atoms with Crippen molar-refractivity contribution in [2.45, 2.75) is 25.9 Å². The van der Waals surface area contributed by atoms with E-state index in [-0.39, 0.29) is 23.7 Å². The Morgan fingerprint density at radius 2 is 2.00 bits per heavy atom. The number of benzene rings is 1. The van der Waals surface area contributed by atoms with Crippen molar-refractivity contribution in [3.8, 4) is 5.75 Å². The zero-order valence-corrected chi connectivity index (χ0v) is 11.9. The molecule has 1 fully saturated rings. The molecular formula is C15H19NO5. The van der Waals surface area contributed by atoms with Gasteiger partial charge < -0.3 is 19.8 Å². The molecule has 114 valence electrons. The quantitative estimate of drug-likeness (QED) is 0.861. The smallest absolute Gasteiger partial charge is 0.323 e. The second-order valence-corrected chi connectivity index (χ2v) is 5.05. The first kappa shape index (κ1) is 15.3. The molecule has 0 radical (unpaired) electrons. The van der Waals surface area contributed by atoms with E-state index in [2.05, 4.69) is 0 Å². The molecule has 2 rings (SSSR count). The second-order valence-electron chi connectivity index (χ2n) is 5.05. The summed E-state index contributed by atoms with van der Waals surface area (Å²) >= 11 is 0. The molecule has 1 aliphatic heterocycles. The lowest BCUT2D eigenvalue weighted by atomic mass is 9.97. The van der Waals surface area contributed by atoms with Crippen LogP contribution in [-0.4, -0.2) is 41.3 Å². The number of amides is 1. The molecule has 0 aliphatic carbocycles. The largest absolute Gasteiger partial charge is 0.508 e. The van der Waals surface area contributed by atoms with Crippen molar-refractivity contribution in [1.29, 1.82) is 0 Å². The number of ether oxygens (including phenoxy) is 1. The van der Waals surface area contributed by atoms with Gasteiger partial charge in [0, 0.05) is 12.3 Å². The predicted octanol–water partition coefficient (Wildman–Crippen LogP) is 1.62. The van der Waals surface area contributed by atoms with E-state index < -0.39 is 12.5 Å². The van der Waals surface area contributed by atoms with Crippen LogP contribution in [0.5, 0.6) is 5.75 Å². The Hall–Kier alpha value is -2.08. The zero-order valence-electron chi connectivity index (χ0n) is 11.9. The van der Waals surface area contributed by atoms with Crippen LogP contribution in [0, 0.1) is 5.92 Å². The van der Waals surface area contributed by atoms with Crippen LogP contribution < -0.4 is 4.90 Å². The highest BCUT2D eigenvalue weighted by molar-refractivity contribution is 5.99. The summed E-state index contributed by atoms with van der Waals surface area (Å²) < 4.78 is 5.51. The normalized spacial score (nSPS) is 21.2. The maximum atomic E-state index is 12.7. The van der Waals surface area contributed by atoms with Crippen LogP contribution in [0.2, 0.25) is 0 Å². The second kappa shape index (κ2) is 6.58. The molecule has 0 aromatic heterocycles. The maximum absolute atomic E-state index is 12.7. The molecule has 1 heterocycles. The first-order valence-corrected chi connectivity index (χ1v) is 6.96. The Kier molecular flexibility index (Phi) is 4.80. The number of hydrogen-bond acceptors (Lipinski definition) is 4. The fourth-order valence-corrected chi connectivity index (χ4v) is 2.60. The van der Waals surface area contributed by atoms with Gasteiger partial charge in [-0.1, -0.05) is 6.92 Å². The van der Waals surface area contributed by atoms with Crippen molar-refractivity contribution in [3.63, 3.8) is 0 Å². The highest BCUT2D eigenvalue weighted by Gasteiger charge is 2.36. The molecular weight excluding hydrogens is 274 g/mol. The number of aromatic hydroxyl groups is 1. The number of rotatable bonds is 5. The van der Waals surface area contributed by atoms with Gasteiger partial charge in [0.25, 0.3) is 0 Å². The third kappa shape index (κ3) is 3.52. The highest BCUT2D eigenvalue weighted by atomic mass is 16.5. The number of carbonyl (C=O) groups is 2. The Bertz CT molecular complexity index is 513. The molecule has 1 aromatic rings. The van der Waals surface area contributed by atoms with E-state index in [4.69, 9.17) is 9.84 Å². The minimum Gasteiger partial charge on any atom is -0.508 e. The van der Waals surface area contributed by atoms with Crippen LogP contribution >= 0.6 is 0 Å². The Morgan fingerprint density at radius 1 is 1.33 bits per heavy atom. The molecule has 2 unspecified atom stereocenters. The maximum Gasteiger partial charge on any atom is 0.323 e. The van der Waals surface area contributed by atoms with Gasteiger partial charge in [0.05, 0.1) is 12.0 Å². The molecule has 0 saturated carbocycles. The summed E-state index contributed by atoms with van der Waals surface area (Å²) in [4.78, 5) is 24.9. The van der Waals surface area contributed by atoms with Gasteiger partial charge in [-0.25, -0.2) is 0 Å². The minimum atomic E-state index is -1.08. The van der Waals surface area contributed by atoms with Crippen molar-refractivity contribution < 1.29 is 24.5 Å². The van der Waals surface area contributed by atoms with Crippen molar-refractivity contribution in [1.82, 2.24) is 0 Å². The number of phenols is 1. The first-order valence-electron chi connectivity index (χ1n) is 6.96. The van der Waals surface area contributed by atoms with Crippen molar-refractivity contribution in [2.24, 2.45) is 5.92 Å². The van der Waals surface area contributed by atoms with E-state index in [0.717, 1.165) is 0 Å². The number of carbonyl (C=O) groups excluding carboxylic acids is 1. The average molecular weight is 293 g/mol. The number of aliphatic carboxylic acids is 1. The standard InChI is InChI=1S/C15H19NO5/c1-2-13-12(7-8-21-13)15(20)16(9-14(18)19)10-3-5-11(17)6-4-10/h3-6,12-13,17H,2,7-9H2,1H3,(H,18,19). The van der Waals surface area contributed by atoms with Gasteiger partial charge >= 0.3 is 5.97 Å². The van der Waals surface area contributed by atoms with Gasteiger partial charge in [0.1, 0.15) is 12.3 Å². The lowest BCUT2D eigenvalue weighted by Gasteiger charge is -2.26. The number of hydrogen-bond donors (Lipinski definition) is 2. The van der Waals surface area contributed by atoms with Crippen LogP contribution in [0.1, 0.15) is 19.8 Å². The lowest BCUT2D eigenvalue weighted by Crippen LogP contribution is -2.42. The zero-order chi connectivity index (χ0) is 15.4. The van der Waals surface area contributed by atoms with Crippen LogP contribution in [0.15, 0.2) is 24.3 Å². The predicted molar refractivity (Wildman–Crippen MR) is 76.2 cm³/mol. The summed E-state index contributed by atoms with van der Waals surface area (Å²) in [5.74, 6) is -1.57. The van der Waals surface area contributed by atoms with Crippen molar-refractivity contribution >= 4 is 17.6 Å². The van der Waals surface area contributed by atoms with Gasteiger partial charge in [-0.15, -0.1) is 0 Å². The Morgan fingerprint density at radius 3 is 2.57 bits per heavy atom. The van der Waals surface area contributed by atoms with E-state index in [1.807, 2.05) is 6.92 Å². The van der Waals surface area contributed by atoms with E-state index in [9.17, 15) is 14.7 Å². The van der Waals surface area contributed by atoms with E-state index in [1.54, 1.807) is 0 Å². The van der Waals surface area contributed by atoms with Crippen LogP contribution in [-0.2, 0) is 14.3 Å². The molecule has 6 heteroatoms. The lowest BCUT2D eigenvalue weighted by molar-refractivity contribution is -0.137.